The average molecular weight is 370 g/mol. The number of hydrogen-bond donors (Lipinski definition) is 3. The van der Waals surface area contributed by atoms with Gasteiger partial charge >= 0.3 is 6.09 Å². The number of ether oxygens (including phenoxy) is 1. The van der Waals surface area contributed by atoms with Crippen molar-refractivity contribution in [2.24, 2.45) is 16.1 Å². The second kappa shape index (κ2) is 8.75. The highest BCUT2D eigenvalue weighted by Crippen LogP contribution is 2.30. The van der Waals surface area contributed by atoms with E-state index in [2.05, 4.69) is 20.5 Å². The number of rotatable bonds is 6. The van der Waals surface area contributed by atoms with Crippen molar-refractivity contribution in [2.75, 3.05) is 11.5 Å². The molecule has 0 spiro atoms. The summed E-state index contributed by atoms with van der Waals surface area (Å²) in [5, 5.41) is 10.6. The smallest absolute Gasteiger partial charge is 0.408 e. The van der Waals surface area contributed by atoms with Gasteiger partial charge in [0.15, 0.2) is 17.4 Å². The van der Waals surface area contributed by atoms with Crippen LogP contribution in [-0.2, 0) is 4.79 Å². The van der Waals surface area contributed by atoms with E-state index >= 15 is 0 Å². The van der Waals surface area contributed by atoms with Gasteiger partial charge in [-0.05, 0) is 37.1 Å². The lowest BCUT2D eigenvalue weighted by atomic mass is 10.0. The molecule has 142 valence electrons. The number of ketones is 1. The van der Waals surface area contributed by atoms with Gasteiger partial charge in [0.2, 0.25) is 0 Å². The molecule has 5 N–H and O–H groups in total. The number of nitrogens with two attached hydrogens (primary N) is 2. The van der Waals surface area contributed by atoms with Crippen molar-refractivity contribution >= 4 is 34.9 Å². The third-order valence-corrected chi connectivity index (χ3v) is 3.64. The molecular formula is C18H22N6O3. The topological polar surface area (TPSA) is 145 Å². The van der Waals surface area contributed by atoms with Crippen LogP contribution in [-0.4, -0.2) is 22.9 Å². The number of hydrogen-bond acceptors (Lipinski definition) is 8. The summed E-state index contributed by atoms with van der Waals surface area (Å²) >= 11 is 0. The number of Topliss-reactive ketones (excluding diaryl/α,β-unsaturated/α-hetero) is 1. The first-order chi connectivity index (χ1) is 12.8. The van der Waals surface area contributed by atoms with Crippen LogP contribution < -0.4 is 21.5 Å². The molecule has 0 aliphatic heterocycles. The van der Waals surface area contributed by atoms with Crippen LogP contribution in [0.1, 0.15) is 20.8 Å². The molecule has 1 heterocycles. The first-order valence-electron chi connectivity index (χ1n) is 8.29. The molecule has 1 aromatic heterocycles. The summed E-state index contributed by atoms with van der Waals surface area (Å²) in [6.07, 6.45) is -0.750. The molecule has 0 aliphatic rings. The number of azo groups is 1. The number of carbonyl (C=O) groups is 2. The number of para-hydroxylation sites is 1. The highest BCUT2D eigenvalue weighted by Gasteiger charge is 2.22. The van der Waals surface area contributed by atoms with Crippen molar-refractivity contribution in [1.29, 1.82) is 0 Å². The SMILES string of the molecule is CC(=O)[C@H](NC(=O)Oc1ccccc1N=Nc1ccc(N)nc1N)C(C)C. The number of pyridine rings is 1. The Labute approximate surface area is 156 Å². The maximum atomic E-state index is 12.1. The Bertz CT molecular complexity index is 866. The van der Waals surface area contributed by atoms with E-state index in [9.17, 15) is 9.59 Å². The second-order valence-electron chi connectivity index (χ2n) is 6.17. The van der Waals surface area contributed by atoms with E-state index in [1.54, 1.807) is 36.4 Å². The molecular weight excluding hydrogens is 348 g/mol. The van der Waals surface area contributed by atoms with Crippen LogP contribution in [0.25, 0.3) is 0 Å². The van der Waals surface area contributed by atoms with Gasteiger partial charge in [-0.25, -0.2) is 9.78 Å². The summed E-state index contributed by atoms with van der Waals surface area (Å²) in [5.41, 5.74) is 11.9. The molecule has 0 unspecified atom stereocenters. The quantitative estimate of drug-likeness (QED) is 0.665. The van der Waals surface area contributed by atoms with Gasteiger partial charge in [0.1, 0.15) is 17.2 Å². The number of carbonyl (C=O) groups excluding carboxylic acids is 2. The molecule has 0 saturated heterocycles. The molecule has 1 atom stereocenters. The summed E-state index contributed by atoms with van der Waals surface area (Å²) in [5.74, 6) is 0.382. The van der Waals surface area contributed by atoms with Crippen LogP contribution in [0.4, 0.5) is 27.8 Å². The minimum absolute atomic E-state index is 0.0639. The number of aromatic nitrogens is 1. The molecule has 9 heteroatoms. The zero-order valence-electron chi connectivity index (χ0n) is 15.3. The Morgan fingerprint density at radius 3 is 2.37 bits per heavy atom. The second-order valence-corrected chi connectivity index (χ2v) is 6.17. The third kappa shape index (κ3) is 5.50. The van der Waals surface area contributed by atoms with Crippen molar-refractivity contribution < 1.29 is 14.3 Å². The fraction of sp³-hybridized carbons (Fsp3) is 0.278. The number of benzene rings is 1. The standard InChI is InChI=1S/C18H22N6O3/c1-10(2)16(11(3)25)22-18(26)27-14-7-5-4-6-12(14)23-24-13-8-9-15(19)21-17(13)20/h4-10,16H,1-3H3,(H,22,26)(H4,19,20,21)/t16-/m1/s1. The lowest BCUT2D eigenvalue weighted by Crippen LogP contribution is -2.44. The monoisotopic (exact) mass is 370 g/mol. The van der Waals surface area contributed by atoms with Crippen molar-refractivity contribution in [3.63, 3.8) is 0 Å². The molecule has 0 saturated carbocycles. The largest absolute Gasteiger partial charge is 0.413 e. The van der Waals surface area contributed by atoms with E-state index in [1.165, 1.54) is 6.92 Å². The lowest BCUT2D eigenvalue weighted by Gasteiger charge is -2.19. The van der Waals surface area contributed by atoms with Gasteiger partial charge in [-0.15, -0.1) is 10.2 Å². The van der Waals surface area contributed by atoms with Gasteiger partial charge < -0.3 is 21.5 Å². The molecule has 0 fully saturated rings. The van der Waals surface area contributed by atoms with Crippen LogP contribution >= 0.6 is 0 Å². The zero-order chi connectivity index (χ0) is 20.0. The van der Waals surface area contributed by atoms with Gasteiger partial charge in [0.05, 0.1) is 6.04 Å². The van der Waals surface area contributed by atoms with Crippen LogP contribution in [0, 0.1) is 5.92 Å². The Hall–Kier alpha value is -3.49. The summed E-state index contributed by atoms with van der Waals surface area (Å²) in [6, 6.07) is 9.09. The molecule has 1 aromatic carbocycles. The van der Waals surface area contributed by atoms with Crippen LogP contribution in [0.2, 0.25) is 0 Å². The van der Waals surface area contributed by atoms with Crippen molar-refractivity contribution in [3.8, 4) is 5.75 Å². The molecule has 0 bridgehead atoms. The highest BCUT2D eigenvalue weighted by molar-refractivity contribution is 5.86. The van der Waals surface area contributed by atoms with Crippen LogP contribution in [0.5, 0.6) is 5.75 Å². The summed E-state index contributed by atoms with van der Waals surface area (Å²) in [4.78, 5) is 27.7. The Morgan fingerprint density at radius 1 is 1.07 bits per heavy atom. The Balaban J connectivity index is 2.16. The highest BCUT2D eigenvalue weighted by atomic mass is 16.6. The van der Waals surface area contributed by atoms with Gasteiger partial charge in [-0.3, -0.25) is 4.79 Å². The van der Waals surface area contributed by atoms with E-state index in [0.29, 0.717) is 11.4 Å². The number of amides is 1. The van der Waals surface area contributed by atoms with Crippen molar-refractivity contribution in [2.45, 2.75) is 26.8 Å². The summed E-state index contributed by atoms with van der Waals surface area (Å²) in [6.45, 7) is 5.08. The van der Waals surface area contributed by atoms with E-state index in [0.717, 1.165) is 0 Å². The fourth-order valence-corrected chi connectivity index (χ4v) is 2.30. The minimum atomic E-state index is -0.750. The lowest BCUT2D eigenvalue weighted by molar-refractivity contribution is -0.119. The summed E-state index contributed by atoms with van der Waals surface area (Å²) < 4.78 is 5.29. The Morgan fingerprint density at radius 2 is 1.74 bits per heavy atom. The van der Waals surface area contributed by atoms with Crippen LogP contribution in [0.3, 0.4) is 0 Å². The van der Waals surface area contributed by atoms with E-state index in [1.807, 2.05) is 13.8 Å². The first-order valence-corrected chi connectivity index (χ1v) is 8.29. The minimum Gasteiger partial charge on any atom is -0.408 e. The predicted molar refractivity (Wildman–Crippen MR) is 102 cm³/mol. The first kappa shape index (κ1) is 19.8. The van der Waals surface area contributed by atoms with Crippen molar-refractivity contribution in [3.05, 3.63) is 36.4 Å². The van der Waals surface area contributed by atoms with E-state index in [-0.39, 0.29) is 29.1 Å². The molecule has 1 amide bonds. The van der Waals surface area contributed by atoms with Crippen molar-refractivity contribution in [1.82, 2.24) is 10.3 Å². The summed E-state index contributed by atoms with van der Waals surface area (Å²) in [7, 11) is 0. The number of nitrogens with one attached hydrogen (secondary N) is 1. The van der Waals surface area contributed by atoms with Gasteiger partial charge in [-0.1, -0.05) is 26.0 Å². The number of nitrogen functional groups attached to an aromatic ring is 2. The van der Waals surface area contributed by atoms with Gasteiger partial charge in [-0.2, -0.15) is 0 Å². The molecule has 2 aromatic rings. The van der Waals surface area contributed by atoms with E-state index in [4.69, 9.17) is 16.2 Å². The van der Waals surface area contributed by atoms with Gasteiger partial charge in [0.25, 0.3) is 0 Å². The Kier molecular flexibility index (Phi) is 6.42. The molecule has 27 heavy (non-hydrogen) atoms. The van der Waals surface area contributed by atoms with E-state index < -0.39 is 12.1 Å². The number of nitrogens with zero attached hydrogens (tertiary/aromatic N) is 3. The third-order valence-electron chi connectivity index (χ3n) is 3.64. The van der Waals surface area contributed by atoms with Gasteiger partial charge in [0, 0.05) is 0 Å². The predicted octanol–water partition coefficient (Wildman–Crippen LogP) is 3.36. The maximum Gasteiger partial charge on any atom is 0.413 e. The zero-order valence-corrected chi connectivity index (χ0v) is 15.3. The normalized spacial score (nSPS) is 12.1. The number of anilines is 2. The molecule has 0 radical (unpaired) electrons. The molecule has 0 aliphatic carbocycles. The molecule has 2 rings (SSSR count). The fourth-order valence-electron chi connectivity index (χ4n) is 2.30. The molecule has 9 nitrogen and oxygen atoms in total. The maximum absolute atomic E-state index is 12.1. The van der Waals surface area contributed by atoms with Crippen LogP contribution in [0.15, 0.2) is 46.6 Å². The average Bonchev–Trinajstić information content (AvgIpc) is 2.59.